The Morgan fingerprint density at radius 2 is 2.20 bits per heavy atom. The summed E-state index contributed by atoms with van der Waals surface area (Å²) in [7, 11) is 1.72. The fourth-order valence-corrected chi connectivity index (χ4v) is 1.85. The van der Waals surface area contributed by atoms with Gasteiger partial charge in [-0.3, -0.25) is 0 Å². The van der Waals surface area contributed by atoms with Gasteiger partial charge in [0.05, 0.1) is 0 Å². The molecule has 0 aromatic heterocycles. The lowest BCUT2D eigenvalue weighted by atomic mass is 10.0. The van der Waals surface area contributed by atoms with Gasteiger partial charge in [-0.15, -0.1) is 0 Å². The number of halogens is 1. The van der Waals surface area contributed by atoms with Crippen molar-refractivity contribution in [2.24, 2.45) is 5.73 Å². The van der Waals surface area contributed by atoms with E-state index in [1.54, 1.807) is 7.11 Å². The van der Waals surface area contributed by atoms with Crippen LogP contribution in [-0.4, -0.2) is 13.7 Å². The Morgan fingerprint density at radius 3 is 2.80 bits per heavy atom. The van der Waals surface area contributed by atoms with Crippen LogP contribution < -0.4 is 5.73 Å². The Hall–Kier alpha value is -0.380. The van der Waals surface area contributed by atoms with Crippen LogP contribution in [0.1, 0.15) is 30.0 Å². The summed E-state index contributed by atoms with van der Waals surface area (Å²) in [6, 6.07) is 6.40. The highest BCUT2D eigenvalue weighted by molar-refractivity contribution is 9.10. The highest BCUT2D eigenvalue weighted by atomic mass is 79.9. The second kappa shape index (κ2) is 6.26. The Bertz CT molecular complexity index is 314. The molecule has 1 rings (SSSR count). The van der Waals surface area contributed by atoms with Gasteiger partial charge in [-0.2, -0.15) is 0 Å². The van der Waals surface area contributed by atoms with Gasteiger partial charge in [-0.1, -0.05) is 28.1 Å². The monoisotopic (exact) mass is 271 g/mol. The molecule has 0 bridgehead atoms. The molecule has 1 aromatic rings. The van der Waals surface area contributed by atoms with Gasteiger partial charge < -0.3 is 10.5 Å². The molecule has 0 saturated carbocycles. The molecule has 0 radical (unpaired) electrons. The molecule has 0 amide bonds. The topological polar surface area (TPSA) is 35.2 Å². The highest BCUT2D eigenvalue weighted by Crippen LogP contribution is 2.22. The maximum Gasteiger partial charge on any atom is 0.0462 e. The summed E-state index contributed by atoms with van der Waals surface area (Å²) < 4.78 is 6.13. The van der Waals surface area contributed by atoms with E-state index in [9.17, 15) is 0 Å². The first-order valence-corrected chi connectivity index (χ1v) is 5.95. The molecule has 0 aliphatic carbocycles. The molecule has 0 spiro atoms. The van der Waals surface area contributed by atoms with Crippen molar-refractivity contribution >= 4 is 15.9 Å². The summed E-state index contributed by atoms with van der Waals surface area (Å²) in [6.07, 6.45) is 1.96. The van der Waals surface area contributed by atoms with Crippen molar-refractivity contribution in [1.82, 2.24) is 0 Å². The third-order valence-electron chi connectivity index (χ3n) is 2.49. The van der Waals surface area contributed by atoms with Crippen molar-refractivity contribution in [3.63, 3.8) is 0 Å². The fraction of sp³-hybridized carbons (Fsp3) is 0.500. The van der Waals surface area contributed by atoms with Crippen LogP contribution in [-0.2, 0) is 4.74 Å². The van der Waals surface area contributed by atoms with Crippen LogP contribution >= 0.6 is 15.9 Å². The molecule has 0 saturated heterocycles. The number of nitrogens with two attached hydrogens (primary N) is 1. The molecular weight excluding hydrogens is 254 g/mol. The van der Waals surface area contributed by atoms with E-state index < -0.39 is 0 Å². The van der Waals surface area contributed by atoms with Crippen LogP contribution in [0.15, 0.2) is 22.7 Å². The summed E-state index contributed by atoms with van der Waals surface area (Å²) in [6.45, 7) is 2.85. The maximum absolute atomic E-state index is 6.08. The van der Waals surface area contributed by atoms with Gasteiger partial charge in [0.2, 0.25) is 0 Å². The standard InChI is InChI=1S/C12H18BrNO/c1-9-5-6-10(8-11(9)13)12(14)4-3-7-15-2/h5-6,8,12H,3-4,7,14H2,1-2H3. The summed E-state index contributed by atoms with van der Waals surface area (Å²) in [5.74, 6) is 0. The number of ether oxygens (including phenoxy) is 1. The summed E-state index contributed by atoms with van der Waals surface area (Å²) >= 11 is 3.52. The minimum Gasteiger partial charge on any atom is -0.385 e. The lowest BCUT2D eigenvalue weighted by Crippen LogP contribution is -2.11. The average Bonchev–Trinajstić information content (AvgIpc) is 2.22. The first-order chi connectivity index (χ1) is 7.15. The van der Waals surface area contributed by atoms with E-state index in [-0.39, 0.29) is 6.04 Å². The largest absolute Gasteiger partial charge is 0.385 e. The van der Waals surface area contributed by atoms with Crippen LogP contribution in [0.5, 0.6) is 0 Å². The van der Waals surface area contributed by atoms with Gasteiger partial charge >= 0.3 is 0 Å². The molecule has 3 heteroatoms. The highest BCUT2D eigenvalue weighted by Gasteiger charge is 2.06. The third-order valence-corrected chi connectivity index (χ3v) is 3.34. The average molecular weight is 272 g/mol. The predicted octanol–water partition coefficient (Wildman–Crippen LogP) is 3.18. The number of methoxy groups -OCH3 is 1. The van der Waals surface area contributed by atoms with Crippen molar-refractivity contribution in [2.45, 2.75) is 25.8 Å². The zero-order valence-electron chi connectivity index (χ0n) is 9.29. The van der Waals surface area contributed by atoms with Crippen molar-refractivity contribution < 1.29 is 4.74 Å². The van der Waals surface area contributed by atoms with Crippen molar-refractivity contribution in [3.8, 4) is 0 Å². The Labute approximate surface area is 99.9 Å². The molecule has 0 fully saturated rings. The molecule has 0 heterocycles. The number of hydrogen-bond donors (Lipinski definition) is 1. The van der Waals surface area contributed by atoms with E-state index in [1.165, 1.54) is 11.1 Å². The first-order valence-electron chi connectivity index (χ1n) is 5.15. The minimum absolute atomic E-state index is 0.108. The van der Waals surface area contributed by atoms with E-state index in [1.807, 2.05) is 0 Å². The van der Waals surface area contributed by atoms with Gasteiger partial charge in [0.1, 0.15) is 0 Å². The van der Waals surface area contributed by atoms with Crippen LogP contribution in [0.4, 0.5) is 0 Å². The molecule has 0 aliphatic rings. The van der Waals surface area contributed by atoms with E-state index >= 15 is 0 Å². The fourth-order valence-electron chi connectivity index (χ4n) is 1.45. The quantitative estimate of drug-likeness (QED) is 0.835. The Morgan fingerprint density at radius 1 is 1.47 bits per heavy atom. The van der Waals surface area contributed by atoms with Crippen molar-refractivity contribution in [3.05, 3.63) is 33.8 Å². The zero-order valence-corrected chi connectivity index (χ0v) is 10.9. The lowest BCUT2D eigenvalue weighted by molar-refractivity contribution is 0.190. The Balaban J connectivity index is 2.57. The smallest absolute Gasteiger partial charge is 0.0462 e. The van der Waals surface area contributed by atoms with Gasteiger partial charge in [-0.05, 0) is 37.0 Å². The predicted molar refractivity (Wildman–Crippen MR) is 66.9 cm³/mol. The second-order valence-corrected chi connectivity index (χ2v) is 4.60. The molecule has 84 valence electrons. The third kappa shape index (κ3) is 3.93. The van der Waals surface area contributed by atoms with Gasteiger partial charge in [0, 0.05) is 24.2 Å². The number of aryl methyl sites for hydroxylation is 1. The molecule has 15 heavy (non-hydrogen) atoms. The number of hydrogen-bond acceptors (Lipinski definition) is 2. The lowest BCUT2D eigenvalue weighted by Gasteiger charge is -2.12. The summed E-state index contributed by atoms with van der Waals surface area (Å²) in [5.41, 5.74) is 8.50. The van der Waals surface area contributed by atoms with Crippen LogP contribution in [0.2, 0.25) is 0 Å². The first kappa shape index (κ1) is 12.7. The number of rotatable bonds is 5. The van der Waals surface area contributed by atoms with Crippen LogP contribution in [0.3, 0.4) is 0 Å². The molecule has 1 atom stereocenters. The Kier molecular flexibility index (Phi) is 5.29. The van der Waals surface area contributed by atoms with E-state index in [0.29, 0.717) is 0 Å². The van der Waals surface area contributed by atoms with Crippen LogP contribution in [0.25, 0.3) is 0 Å². The van der Waals surface area contributed by atoms with E-state index in [0.717, 1.165) is 23.9 Å². The van der Waals surface area contributed by atoms with E-state index in [4.69, 9.17) is 10.5 Å². The second-order valence-electron chi connectivity index (χ2n) is 3.75. The molecule has 2 N–H and O–H groups in total. The normalized spacial score (nSPS) is 12.8. The van der Waals surface area contributed by atoms with Gasteiger partial charge in [0.15, 0.2) is 0 Å². The van der Waals surface area contributed by atoms with Crippen molar-refractivity contribution in [1.29, 1.82) is 0 Å². The van der Waals surface area contributed by atoms with Gasteiger partial charge in [0.25, 0.3) is 0 Å². The van der Waals surface area contributed by atoms with Crippen LogP contribution in [0, 0.1) is 6.92 Å². The zero-order chi connectivity index (χ0) is 11.3. The number of benzene rings is 1. The molecule has 1 unspecified atom stereocenters. The molecular formula is C12H18BrNO. The summed E-state index contributed by atoms with van der Waals surface area (Å²) in [5, 5.41) is 0. The van der Waals surface area contributed by atoms with Gasteiger partial charge in [-0.25, -0.2) is 0 Å². The molecule has 1 aromatic carbocycles. The van der Waals surface area contributed by atoms with Crippen molar-refractivity contribution in [2.75, 3.05) is 13.7 Å². The maximum atomic E-state index is 6.08. The van der Waals surface area contributed by atoms with E-state index in [2.05, 4.69) is 41.1 Å². The SMILES string of the molecule is COCCCC(N)c1ccc(C)c(Br)c1. The minimum atomic E-state index is 0.108. The molecule has 0 aliphatic heterocycles. The summed E-state index contributed by atoms with van der Waals surface area (Å²) in [4.78, 5) is 0. The molecule has 2 nitrogen and oxygen atoms in total.